The second-order valence-corrected chi connectivity index (χ2v) is 3.93. The Balaban J connectivity index is 2.99. The van der Waals surface area contributed by atoms with Gasteiger partial charge in [-0.1, -0.05) is 6.07 Å². The predicted molar refractivity (Wildman–Crippen MR) is 67.4 cm³/mol. The molecule has 0 aliphatic carbocycles. The third kappa shape index (κ3) is 3.80. The molecular formula is C14H18NO3+. The molecule has 18 heavy (non-hydrogen) atoms. The Bertz CT molecular complexity index is 451. The van der Waals surface area contributed by atoms with E-state index in [1.54, 1.807) is 36.9 Å². The highest BCUT2D eigenvalue weighted by Crippen LogP contribution is 2.06. The van der Waals surface area contributed by atoms with Gasteiger partial charge in [-0.25, -0.2) is 0 Å². The van der Waals surface area contributed by atoms with Gasteiger partial charge >= 0.3 is 5.97 Å². The molecule has 0 aliphatic rings. The molecule has 0 aromatic carbocycles. The van der Waals surface area contributed by atoms with Crippen LogP contribution in [0.15, 0.2) is 36.7 Å². The van der Waals surface area contributed by atoms with Gasteiger partial charge in [0.05, 0.1) is 12.5 Å². The molecule has 0 radical (unpaired) electrons. The van der Waals surface area contributed by atoms with Crippen molar-refractivity contribution < 1.29 is 18.9 Å². The second-order valence-electron chi connectivity index (χ2n) is 3.93. The number of carbonyl (C=O) groups is 2. The van der Waals surface area contributed by atoms with Crippen LogP contribution in [-0.2, 0) is 14.3 Å². The van der Waals surface area contributed by atoms with Gasteiger partial charge in [-0.3, -0.25) is 9.59 Å². The number of nitrogens with zero attached hydrogens (tertiary/aromatic N) is 1. The van der Waals surface area contributed by atoms with E-state index in [1.165, 1.54) is 6.92 Å². The number of hydrogen-bond acceptors (Lipinski definition) is 3. The van der Waals surface area contributed by atoms with Gasteiger partial charge in [0.1, 0.15) is 0 Å². The Hall–Kier alpha value is -1.97. The number of carbonyl (C=O) groups excluding carboxylic acids is 2. The van der Waals surface area contributed by atoms with E-state index in [1.807, 2.05) is 18.2 Å². The topological polar surface area (TPSA) is 47.3 Å². The average Bonchev–Trinajstić information content (AvgIpc) is 2.36. The second kappa shape index (κ2) is 6.69. The van der Waals surface area contributed by atoms with Crippen LogP contribution in [0.25, 0.3) is 5.70 Å². The number of Topliss-reactive ketones (excluding diaryl/α,β-unsaturated/α-hetero) is 1. The summed E-state index contributed by atoms with van der Waals surface area (Å²) >= 11 is 0. The van der Waals surface area contributed by atoms with Crippen molar-refractivity contribution in [1.82, 2.24) is 0 Å². The zero-order valence-corrected chi connectivity index (χ0v) is 10.9. The number of hydrogen-bond donors (Lipinski definition) is 0. The van der Waals surface area contributed by atoms with Crippen molar-refractivity contribution in [2.24, 2.45) is 5.92 Å². The third-order valence-electron chi connectivity index (χ3n) is 2.42. The molecule has 1 aromatic heterocycles. The molecule has 1 aromatic rings. The van der Waals surface area contributed by atoms with E-state index >= 15 is 0 Å². The summed E-state index contributed by atoms with van der Waals surface area (Å²) in [4.78, 5) is 23.2. The van der Waals surface area contributed by atoms with Crippen molar-refractivity contribution in [3.8, 4) is 0 Å². The first kappa shape index (κ1) is 14.1. The van der Waals surface area contributed by atoms with Crippen molar-refractivity contribution in [2.45, 2.75) is 20.8 Å². The number of ketones is 1. The maximum absolute atomic E-state index is 11.6. The lowest BCUT2D eigenvalue weighted by atomic mass is 10.1. The van der Waals surface area contributed by atoms with E-state index in [4.69, 9.17) is 4.74 Å². The Labute approximate surface area is 107 Å². The van der Waals surface area contributed by atoms with Crippen molar-refractivity contribution in [3.63, 3.8) is 0 Å². The summed E-state index contributed by atoms with van der Waals surface area (Å²) in [6.45, 7) is 5.28. The Kier molecular flexibility index (Phi) is 5.24. The van der Waals surface area contributed by atoms with Crippen LogP contribution in [0.5, 0.6) is 0 Å². The van der Waals surface area contributed by atoms with Crippen molar-refractivity contribution >= 4 is 17.4 Å². The fourth-order valence-electron chi connectivity index (χ4n) is 1.52. The minimum atomic E-state index is -0.448. The molecule has 1 unspecified atom stereocenters. The fourth-order valence-corrected chi connectivity index (χ4v) is 1.52. The Morgan fingerprint density at radius 1 is 1.28 bits per heavy atom. The standard InChI is InChI=1S/C14H18NO3/c1-4-18-14(17)11(2)10-13(12(3)16)15-8-6-5-7-9-15/h5-11H,4H2,1-3H3/q+1/b13-10+. The highest BCUT2D eigenvalue weighted by molar-refractivity contribution is 6.10. The van der Waals surface area contributed by atoms with Gasteiger partial charge in [0.2, 0.25) is 11.5 Å². The van der Waals surface area contributed by atoms with Gasteiger partial charge in [0.15, 0.2) is 12.4 Å². The van der Waals surface area contributed by atoms with Crippen LogP contribution in [0.3, 0.4) is 0 Å². The largest absolute Gasteiger partial charge is 0.466 e. The molecule has 0 saturated heterocycles. The normalized spacial score (nSPS) is 12.9. The highest BCUT2D eigenvalue weighted by atomic mass is 16.5. The van der Waals surface area contributed by atoms with E-state index in [-0.39, 0.29) is 11.8 Å². The molecule has 0 N–H and O–H groups in total. The van der Waals surface area contributed by atoms with Crippen LogP contribution in [0.1, 0.15) is 20.8 Å². The zero-order chi connectivity index (χ0) is 13.5. The molecule has 96 valence electrons. The third-order valence-corrected chi connectivity index (χ3v) is 2.42. The van der Waals surface area contributed by atoms with Crippen LogP contribution in [-0.4, -0.2) is 18.4 Å². The lowest BCUT2D eigenvalue weighted by Crippen LogP contribution is -2.35. The minimum Gasteiger partial charge on any atom is -0.466 e. The first-order valence-electron chi connectivity index (χ1n) is 5.92. The van der Waals surface area contributed by atoms with Crippen molar-refractivity contribution in [1.29, 1.82) is 0 Å². The zero-order valence-electron chi connectivity index (χ0n) is 10.9. The lowest BCUT2D eigenvalue weighted by Gasteiger charge is -2.06. The summed E-state index contributed by atoms with van der Waals surface area (Å²) in [5.74, 6) is -0.869. The molecule has 0 fully saturated rings. The number of ether oxygens (including phenoxy) is 1. The van der Waals surface area contributed by atoms with Gasteiger partial charge < -0.3 is 4.74 Å². The fraction of sp³-hybridized carbons (Fsp3) is 0.357. The number of aromatic nitrogens is 1. The number of allylic oxidation sites excluding steroid dienone is 1. The van der Waals surface area contributed by atoms with Crippen molar-refractivity contribution in [3.05, 3.63) is 36.7 Å². The van der Waals surface area contributed by atoms with Gasteiger partial charge in [0, 0.05) is 25.1 Å². The molecule has 1 heterocycles. The molecule has 4 heteroatoms. The van der Waals surface area contributed by atoms with Crippen LogP contribution in [0, 0.1) is 5.92 Å². The van der Waals surface area contributed by atoms with E-state index < -0.39 is 5.92 Å². The number of pyridine rings is 1. The van der Waals surface area contributed by atoms with E-state index in [2.05, 4.69) is 0 Å². The van der Waals surface area contributed by atoms with Crippen LogP contribution in [0.2, 0.25) is 0 Å². The van der Waals surface area contributed by atoms with Crippen LogP contribution in [0.4, 0.5) is 0 Å². The van der Waals surface area contributed by atoms with Crippen LogP contribution < -0.4 is 4.57 Å². The maximum atomic E-state index is 11.6. The highest BCUT2D eigenvalue weighted by Gasteiger charge is 2.20. The summed E-state index contributed by atoms with van der Waals surface area (Å²) in [5.41, 5.74) is 0.469. The average molecular weight is 248 g/mol. The Morgan fingerprint density at radius 3 is 2.39 bits per heavy atom. The summed E-state index contributed by atoms with van der Waals surface area (Å²) in [6, 6.07) is 5.51. The quantitative estimate of drug-likeness (QED) is 0.452. The van der Waals surface area contributed by atoms with Gasteiger partial charge in [-0.15, -0.1) is 0 Å². The number of esters is 1. The maximum Gasteiger partial charge on any atom is 0.312 e. The molecule has 4 nitrogen and oxygen atoms in total. The summed E-state index contributed by atoms with van der Waals surface area (Å²) < 4.78 is 6.61. The molecule has 0 aliphatic heterocycles. The van der Waals surface area contributed by atoms with E-state index in [9.17, 15) is 9.59 Å². The van der Waals surface area contributed by atoms with E-state index in [0.29, 0.717) is 12.3 Å². The Morgan fingerprint density at radius 2 is 1.89 bits per heavy atom. The van der Waals surface area contributed by atoms with Gasteiger partial charge in [-0.2, -0.15) is 4.57 Å². The summed E-state index contributed by atoms with van der Waals surface area (Å²) in [5, 5.41) is 0. The molecule has 0 bridgehead atoms. The SMILES string of the molecule is CCOC(=O)C(C)/C=C(\C(C)=O)[n+]1ccccc1. The molecule has 1 atom stereocenters. The molecular weight excluding hydrogens is 230 g/mol. The monoisotopic (exact) mass is 248 g/mol. The first-order valence-corrected chi connectivity index (χ1v) is 5.92. The van der Waals surface area contributed by atoms with Gasteiger partial charge in [0.25, 0.3) is 0 Å². The van der Waals surface area contributed by atoms with Crippen LogP contribution >= 0.6 is 0 Å². The summed E-state index contributed by atoms with van der Waals surface area (Å²) in [7, 11) is 0. The number of rotatable bonds is 5. The molecule has 0 saturated carbocycles. The smallest absolute Gasteiger partial charge is 0.312 e. The lowest BCUT2D eigenvalue weighted by molar-refractivity contribution is -0.577. The van der Waals surface area contributed by atoms with Gasteiger partial charge in [-0.05, 0) is 13.8 Å². The van der Waals surface area contributed by atoms with E-state index in [0.717, 1.165) is 0 Å². The first-order chi connectivity index (χ1) is 8.56. The van der Waals surface area contributed by atoms with Crippen molar-refractivity contribution in [2.75, 3.05) is 6.61 Å². The predicted octanol–water partition coefficient (Wildman–Crippen LogP) is 1.60. The molecule has 0 spiro atoms. The summed E-state index contributed by atoms with van der Waals surface area (Å²) in [6.07, 6.45) is 5.16. The molecule has 0 amide bonds. The minimum absolute atomic E-state index is 0.0950. The molecule has 1 rings (SSSR count).